The van der Waals surface area contributed by atoms with Crippen molar-refractivity contribution in [2.75, 3.05) is 33.9 Å². The maximum Gasteiger partial charge on any atom is 0.337 e. The fraction of sp³-hybridized carbons (Fsp3) is 0.400. The minimum absolute atomic E-state index is 0.0153. The topological polar surface area (TPSA) is 96.4 Å². The first-order chi connectivity index (χ1) is 10.9. The number of hydrogen-bond donors (Lipinski definition) is 1. The number of ether oxygens (including phenoxy) is 2. The molecular formula is C15H18N2O6. The third-order valence-electron chi connectivity index (χ3n) is 3.34. The van der Waals surface area contributed by atoms with Crippen molar-refractivity contribution in [1.29, 1.82) is 0 Å². The molecule has 1 saturated heterocycles. The fourth-order valence-electron chi connectivity index (χ4n) is 2.11. The fourth-order valence-corrected chi connectivity index (χ4v) is 2.11. The molecule has 0 aliphatic carbocycles. The first-order valence-electron chi connectivity index (χ1n) is 6.97. The minimum Gasteiger partial charge on any atom is -0.491 e. The summed E-state index contributed by atoms with van der Waals surface area (Å²) in [6.07, 6.45) is -1.00. The number of β-amino-alcohol motifs (C(OH)–C–C–N with tert-alkyl or cyclic N) is 1. The van der Waals surface area contributed by atoms with Gasteiger partial charge in [-0.2, -0.15) is 0 Å². The number of aliphatic hydroxyl groups is 1. The molecule has 1 aromatic carbocycles. The second-order valence-corrected chi connectivity index (χ2v) is 5.12. The Kier molecular flexibility index (Phi) is 5.17. The summed E-state index contributed by atoms with van der Waals surface area (Å²) in [6, 6.07) is 5.78. The number of carbonyl (C=O) groups is 3. The van der Waals surface area contributed by atoms with E-state index in [1.807, 2.05) is 0 Å². The molecule has 1 heterocycles. The van der Waals surface area contributed by atoms with Gasteiger partial charge in [0.15, 0.2) is 0 Å². The van der Waals surface area contributed by atoms with E-state index < -0.39 is 18.1 Å². The molecule has 23 heavy (non-hydrogen) atoms. The molecule has 0 aromatic heterocycles. The van der Waals surface area contributed by atoms with Crippen LogP contribution in [0.1, 0.15) is 10.4 Å². The van der Waals surface area contributed by atoms with Gasteiger partial charge >= 0.3 is 12.0 Å². The Balaban J connectivity index is 1.85. The van der Waals surface area contributed by atoms with Crippen LogP contribution < -0.4 is 4.74 Å². The van der Waals surface area contributed by atoms with E-state index in [1.165, 1.54) is 31.2 Å². The maximum absolute atomic E-state index is 11.7. The number of aliphatic hydroxyl groups excluding tert-OH is 1. The SMILES string of the molecule is COC(=O)c1ccc(OCC(O)CN2C(=O)CN(C)C2=O)cc1. The Hall–Kier alpha value is -2.61. The molecule has 1 aromatic rings. The summed E-state index contributed by atoms with van der Waals surface area (Å²) in [7, 11) is 2.81. The molecular weight excluding hydrogens is 304 g/mol. The van der Waals surface area contributed by atoms with Crippen molar-refractivity contribution in [2.24, 2.45) is 0 Å². The lowest BCUT2D eigenvalue weighted by molar-refractivity contribution is -0.126. The molecule has 0 bridgehead atoms. The number of esters is 1. The summed E-state index contributed by atoms with van der Waals surface area (Å²) >= 11 is 0. The van der Waals surface area contributed by atoms with Gasteiger partial charge in [-0.1, -0.05) is 0 Å². The average Bonchev–Trinajstić information content (AvgIpc) is 2.79. The summed E-state index contributed by atoms with van der Waals surface area (Å²) in [4.78, 5) is 36.9. The first kappa shape index (κ1) is 16.8. The normalized spacial score (nSPS) is 15.8. The minimum atomic E-state index is -1.00. The van der Waals surface area contributed by atoms with Crippen LogP contribution in [0.25, 0.3) is 0 Å². The number of hydrogen-bond acceptors (Lipinski definition) is 6. The third-order valence-corrected chi connectivity index (χ3v) is 3.34. The van der Waals surface area contributed by atoms with Gasteiger partial charge in [0.05, 0.1) is 19.2 Å². The first-order valence-corrected chi connectivity index (χ1v) is 6.97. The predicted molar refractivity (Wildman–Crippen MR) is 79.0 cm³/mol. The molecule has 0 saturated carbocycles. The summed E-state index contributed by atoms with van der Waals surface area (Å²) in [6.45, 7) is -0.192. The quantitative estimate of drug-likeness (QED) is 0.590. The molecule has 1 fully saturated rings. The lowest BCUT2D eigenvalue weighted by Crippen LogP contribution is -2.40. The number of imide groups is 1. The molecule has 1 atom stereocenters. The van der Waals surface area contributed by atoms with E-state index in [-0.39, 0.29) is 25.6 Å². The predicted octanol–water partition coefficient (Wildman–Crippen LogP) is 0.107. The number of amides is 3. The molecule has 0 radical (unpaired) electrons. The zero-order valence-corrected chi connectivity index (χ0v) is 12.9. The van der Waals surface area contributed by atoms with Crippen LogP contribution in [0.4, 0.5) is 4.79 Å². The van der Waals surface area contributed by atoms with Crippen LogP contribution in [0.3, 0.4) is 0 Å². The van der Waals surface area contributed by atoms with E-state index in [9.17, 15) is 19.5 Å². The van der Waals surface area contributed by atoms with Crippen LogP contribution in [0, 0.1) is 0 Å². The van der Waals surface area contributed by atoms with Crippen molar-refractivity contribution in [2.45, 2.75) is 6.10 Å². The van der Waals surface area contributed by atoms with Crippen molar-refractivity contribution in [3.63, 3.8) is 0 Å². The summed E-state index contributed by atoms with van der Waals surface area (Å²) in [5, 5.41) is 9.91. The van der Waals surface area contributed by atoms with Crippen molar-refractivity contribution in [3.8, 4) is 5.75 Å². The van der Waals surface area contributed by atoms with E-state index in [0.717, 1.165) is 4.90 Å². The Morgan fingerprint density at radius 2 is 1.96 bits per heavy atom. The molecule has 8 heteroatoms. The van der Waals surface area contributed by atoms with Crippen LogP contribution in [0.5, 0.6) is 5.75 Å². The van der Waals surface area contributed by atoms with E-state index in [4.69, 9.17) is 4.74 Å². The van der Waals surface area contributed by atoms with Crippen molar-refractivity contribution >= 4 is 17.9 Å². The van der Waals surface area contributed by atoms with Crippen LogP contribution in [-0.4, -0.2) is 72.8 Å². The lowest BCUT2D eigenvalue weighted by atomic mass is 10.2. The highest BCUT2D eigenvalue weighted by molar-refractivity contribution is 6.01. The zero-order valence-electron chi connectivity index (χ0n) is 12.9. The van der Waals surface area contributed by atoms with Gasteiger partial charge in [0.2, 0.25) is 5.91 Å². The second-order valence-electron chi connectivity index (χ2n) is 5.12. The molecule has 1 unspecified atom stereocenters. The highest BCUT2D eigenvalue weighted by Crippen LogP contribution is 2.14. The van der Waals surface area contributed by atoms with Crippen molar-refractivity contribution < 1.29 is 29.0 Å². The van der Waals surface area contributed by atoms with Crippen LogP contribution in [-0.2, 0) is 9.53 Å². The standard InChI is InChI=1S/C15H18N2O6/c1-16-8-13(19)17(15(16)21)7-11(18)9-23-12-5-3-10(4-6-12)14(20)22-2/h3-6,11,18H,7-9H2,1-2H3. The van der Waals surface area contributed by atoms with Crippen LogP contribution >= 0.6 is 0 Å². The lowest BCUT2D eigenvalue weighted by Gasteiger charge is -2.18. The molecule has 3 amide bonds. The van der Waals surface area contributed by atoms with Gasteiger partial charge in [-0.15, -0.1) is 0 Å². The zero-order chi connectivity index (χ0) is 17.0. The van der Waals surface area contributed by atoms with Gasteiger partial charge in [-0.05, 0) is 24.3 Å². The van der Waals surface area contributed by atoms with E-state index in [2.05, 4.69) is 4.74 Å². The van der Waals surface area contributed by atoms with Gasteiger partial charge in [-0.25, -0.2) is 9.59 Å². The van der Waals surface area contributed by atoms with E-state index >= 15 is 0 Å². The molecule has 1 aliphatic rings. The number of benzene rings is 1. The number of methoxy groups -OCH3 is 1. The van der Waals surface area contributed by atoms with Gasteiger partial charge in [0, 0.05) is 7.05 Å². The molecule has 8 nitrogen and oxygen atoms in total. The monoisotopic (exact) mass is 322 g/mol. The van der Waals surface area contributed by atoms with Gasteiger partial charge < -0.3 is 19.5 Å². The average molecular weight is 322 g/mol. The van der Waals surface area contributed by atoms with Crippen molar-refractivity contribution in [3.05, 3.63) is 29.8 Å². The van der Waals surface area contributed by atoms with Gasteiger partial charge in [0.1, 0.15) is 25.0 Å². The molecule has 2 rings (SSSR count). The smallest absolute Gasteiger partial charge is 0.337 e. The summed E-state index contributed by atoms with van der Waals surface area (Å²) in [5.74, 6) is -0.348. The Labute approximate surface area is 133 Å². The Bertz CT molecular complexity index is 600. The Morgan fingerprint density at radius 1 is 1.30 bits per heavy atom. The van der Waals surface area contributed by atoms with E-state index in [0.29, 0.717) is 11.3 Å². The summed E-state index contributed by atoms with van der Waals surface area (Å²) < 4.78 is 9.96. The van der Waals surface area contributed by atoms with Gasteiger partial charge in [-0.3, -0.25) is 9.69 Å². The molecule has 1 N–H and O–H groups in total. The molecule has 1 aliphatic heterocycles. The number of likely N-dealkylation sites (N-methyl/N-ethyl adjacent to an activating group) is 1. The number of rotatable bonds is 6. The number of carbonyl (C=O) groups excluding carboxylic acids is 3. The summed E-state index contributed by atoms with van der Waals surface area (Å²) in [5.41, 5.74) is 0.386. The maximum atomic E-state index is 11.7. The molecule has 0 spiro atoms. The Morgan fingerprint density at radius 3 is 2.48 bits per heavy atom. The highest BCUT2D eigenvalue weighted by atomic mass is 16.5. The van der Waals surface area contributed by atoms with Crippen LogP contribution in [0.2, 0.25) is 0 Å². The van der Waals surface area contributed by atoms with Crippen molar-refractivity contribution in [1.82, 2.24) is 9.80 Å². The van der Waals surface area contributed by atoms with Crippen LogP contribution in [0.15, 0.2) is 24.3 Å². The molecule has 124 valence electrons. The highest BCUT2D eigenvalue weighted by Gasteiger charge is 2.34. The largest absolute Gasteiger partial charge is 0.491 e. The third kappa shape index (κ3) is 3.98. The second kappa shape index (κ2) is 7.10. The van der Waals surface area contributed by atoms with Gasteiger partial charge in [0.25, 0.3) is 0 Å². The number of nitrogens with zero attached hydrogens (tertiary/aromatic N) is 2. The van der Waals surface area contributed by atoms with E-state index in [1.54, 1.807) is 12.1 Å². The number of urea groups is 1.